The van der Waals surface area contributed by atoms with Crippen LogP contribution in [0, 0.1) is 0 Å². The number of hydrogen-bond acceptors (Lipinski definition) is 12. The number of carboxylic acid groups (broad SMARTS) is 4. The van der Waals surface area contributed by atoms with Crippen molar-refractivity contribution in [1.82, 2.24) is 0 Å². The Bertz CT molecular complexity index is 596. The molecule has 0 aliphatic carbocycles. The molecule has 29 heavy (non-hydrogen) atoms. The van der Waals surface area contributed by atoms with Gasteiger partial charge in [-0.3, -0.25) is 9.11 Å². The van der Waals surface area contributed by atoms with Gasteiger partial charge in [0.15, 0.2) is 0 Å². The van der Waals surface area contributed by atoms with Crippen LogP contribution in [0.1, 0.15) is 26.7 Å². The molecular formula is C10H16Na2O14PbS2. The molecular weight excluding hydrogens is 661 g/mol. The predicted molar refractivity (Wildman–Crippen MR) is 79.2 cm³/mol. The van der Waals surface area contributed by atoms with Crippen molar-refractivity contribution in [3.8, 4) is 0 Å². The third kappa shape index (κ3) is 127. The van der Waals surface area contributed by atoms with Crippen molar-refractivity contribution >= 4 is 71.4 Å². The van der Waals surface area contributed by atoms with Gasteiger partial charge in [0.05, 0.1) is 11.5 Å². The summed E-state index contributed by atoms with van der Waals surface area (Å²) in [5.74, 6) is -6.72. The maximum atomic E-state index is 9.80. The van der Waals surface area contributed by atoms with Crippen molar-refractivity contribution in [1.29, 1.82) is 0 Å². The van der Waals surface area contributed by atoms with E-state index in [9.17, 15) is 36.6 Å². The number of carbonyl (C=O) groups excluding carboxylic acids is 4. The van der Waals surface area contributed by atoms with Gasteiger partial charge < -0.3 is 39.6 Å². The van der Waals surface area contributed by atoms with Crippen LogP contribution in [0.4, 0.5) is 0 Å². The summed E-state index contributed by atoms with van der Waals surface area (Å²) >= 11 is 0. The third-order valence-electron chi connectivity index (χ3n) is 1.13. The topological polar surface area (TPSA) is 269 Å². The molecule has 0 amide bonds. The fourth-order valence-electron chi connectivity index (χ4n) is 0.425. The standard InChI is InChI=1S/2C3H6O5S.2C2H4O2.2Na.Pb/c2*4-3(5)1-2-9(6,7)8;2*1-2(3)4;;;/h2*1-2H2,(H,4,5)(H,6,7,8);2*1H3,(H,3,4);;;/q;;;;2*+1;+2/p-4. The Morgan fingerprint density at radius 1 is 0.655 bits per heavy atom. The molecule has 158 valence electrons. The van der Waals surface area contributed by atoms with E-state index in [1.54, 1.807) is 0 Å². The summed E-state index contributed by atoms with van der Waals surface area (Å²) in [5.41, 5.74) is 0. The molecule has 2 N–H and O–H groups in total. The van der Waals surface area contributed by atoms with E-state index in [-0.39, 0.29) is 86.4 Å². The van der Waals surface area contributed by atoms with Crippen LogP contribution in [0.2, 0.25) is 0 Å². The minimum Gasteiger partial charge on any atom is -0.550 e. The van der Waals surface area contributed by atoms with Crippen LogP contribution in [-0.2, 0) is 39.4 Å². The van der Waals surface area contributed by atoms with Gasteiger partial charge in [-0.25, -0.2) is 0 Å². The van der Waals surface area contributed by atoms with Crippen molar-refractivity contribution in [3.63, 3.8) is 0 Å². The summed E-state index contributed by atoms with van der Waals surface area (Å²) in [6.45, 7) is 1.94. The van der Waals surface area contributed by atoms with Crippen molar-refractivity contribution in [2.45, 2.75) is 26.7 Å². The molecule has 0 saturated heterocycles. The molecule has 2 radical (unpaired) electrons. The summed E-state index contributed by atoms with van der Waals surface area (Å²) < 4.78 is 55.1. The van der Waals surface area contributed by atoms with Crippen molar-refractivity contribution < 1.29 is 125 Å². The minimum atomic E-state index is -4.14. The van der Waals surface area contributed by atoms with E-state index in [1.807, 2.05) is 0 Å². The molecule has 0 atom stereocenters. The van der Waals surface area contributed by atoms with E-state index in [0.29, 0.717) is 0 Å². The predicted octanol–water partition coefficient (Wildman–Crippen LogP) is -12.8. The third-order valence-corrected chi connectivity index (χ3v) is 2.57. The molecule has 0 rings (SSSR count). The van der Waals surface area contributed by atoms with Gasteiger partial charge in [-0.2, -0.15) is 16.8 Å². The van der Waals surface area contributed by atoms with Gasteiger partial charge in [0, 0.05) is 36.7 Å². The zero-order valence-corrected chi connectivity index (χ0v) is 25.5. The van der Waals surface area contributed by atoms with E-state index in [0.717, 1.165) is 13.8 Å². The zero-order valence-electron chi connectivity index (χ0n) is 15.9. The van der Waals surface area contributed by atoms with E-state index in [4.69, 9.17) is 28.9 Å². The molecule has 0 aliphatic heterocycles. The summed E-state index contributed by atoms with van der Waals surface area (Å²) in [5, 5.41) is 36.9. The monoisotopic (exact) mass is 678 g/mol. The van der Waals surface area contributed by atoms with Crippen LogP contribution in [0.3, 0.4) is 0 Å². The second-order valence-electron chi connectivity index (χ2n) is 3.80. The number of aliphatic carboxylic acids is 4. The van der Waals surface area contributed by atoms with Gasteiger partial charge in [-0.15, -0.1) is 0 Å². The molecule has 0 fully saturated rings. The largest absolute Gasteiger partial charge is 2.00 e. The molecule has 0 aromatic heterocycles. The molecule has 0 bridgehead atoms. The van der Waals surface area contributed by atoms with Gasteiger partial charge in [0.2, 0.25) is 0 Å². The Morgan fingerprint density at radius 2 is 0.793 bits per heavy atom. The number of carboxylic acids is 4. The maximum absolute atomic E-state index is 9.80. The Morgan fingerprint density at radius 3 is 0.828 bits per heavy atom. The van der Waals surface area contributed by atoms with Gasteiger partial charge in [0.25, 0.3) is 20.2 Å². The SMILES string of the molecule is CC(=O)[O-].CC(=O)[O-].O=C([O-])CCS(=O)(=O)O.O=C([O-])CCS(=O)(=O)O.[Na+].[Na+].[Pb+2]. The molecule has 0 unspecified atom stereocenters. The Kier molecular flexibility index (Phi) is 43.6. The first-order chi connectivity index (χ1) is 11.3. The normalized spacial score (nSPS) is 8.69. The smallest absolute Gasteiger partial charge is 0.550 e. The Labute approximate surface area is 231 Å². The van der Waals surface area contributed by atoms with E-state index < -0.39 is 68.5 Å². The minimum absolute atomic E-state index is 0. The fourth-order valence-corrected chi connectivity index (χ4v) is 1.27. The molecule has 14 nitrogen and oxygen atoms in total. The van der Waals surface area contributed by atoms with Crippen LogP contribution < -0.4 is 79.5 Å². The molecule has 0 aromatic rings. The second kappa shape index (κ2) is 26.7. The first-order valence-corrected chi connectivity index (χ1v) is 9.17. The van der Waals surface area contributed by atoms with Crippen molar-refractivity contribution in [2.24, 2.45) is 0 Å². The second-order valence-corrected chi connectivity index (χ2v) is 6.94. The van der Waals surface area contributed by atoms with Crippen LogP contribution in [-0.4, -0.2) is 88.6 Å². The Balaban J connectivity index is -0.0000000458. The first kappa shape index (κ1) is 47.4. The average Bonchev–Trinajstić information content (AvgIpc) is 2.32. The van der Waals surface area contributed by atoms with Gasteiger partial charge in [-0.1, -0.05) is 0 Å². The maximum Gasteiger partial charge on any atom is 2.00 e. The Hall–Kier alpha value is 0.622. The number of rotatable bonds is 6. The number of carbonyl (C=O) groups is 4. The van der Waals surface area contributed by atoms with E-state index >= 15 is 0 Å². The van der Waals surface area contributed by atoms with E-state index in [1.165, 1.54) is 0 Å². The zero-order chi connectivity index (χ0) is 22.1. The number of hydrogen-bond donors (Lipinski definition) is 2. The molecule has 0 aromatic carbocycles. The van der Waals surface area contributed by atoms with Crippen LogP contribution >= 0.6 is 0 Å². The van der Waals surface area contributed by atoms with Crippen LogP contribution in [0.5, 0.6) is 0 Å². The summed E-state index contributed by atoms with van der Waals surface area (Å²) in [6, 6.07) is 0. The van der Waals surface area contributed by atoms with Gasteiger partial charge in [0.1, 0.15) is 0 Å². The van der Waals surface area contributed by atoms with E-state index in [2.05, 4.69) is 0 Å². The molecule has 0 aliphatic rings. The van der Waals surface area contributed by atoms with Gasteiger partial charge >= 0.3 is 86.4 Å². The summed E-state index contributed by atoms with van der Waals surface area (Å²) in [6.07, 6.45) is -1.34. The molecule has 0 heterocycles. The van der Waals surface area contributed by atoms with Crippen LogP contribution in [0.25, 0.3) is 0 Å². The molecule has 19 heteroatoms. The summed E-state index contributed by atoms with van der Waals surface area (Å²) in [7, 11) is -8.28. The first-order valence-electron chi connectivity index (χ1n) is 5.95. The summed E-state index contributed by atoms with van der Waals surface area (Å²) in [4.78, 5) is 36.9. The van der Waals surface area contributed by atoms with Crippen LogP contribution in [0.15, 0.2) is 0 Å². The molecule has 0 saturated carbocycles. The van der Waals surface area contributed by atoms with Crippen molar-refractivity contribution in [2.75, 3.05) is 11.5 Å². The fraction of sp³-hybridized carbons (Fsp3) is 0.600. The quantitative estimate of drug-likeness (QED) is 0.195. The molecule has 0 spiro atoms. The van der Waals surface area contributed by atoms with Crippen molar-refractivity contribution in [3.05, 3.63) is 0 Å². The van der Waals surface area contributed by atoms with Gasteiger partial charge in [-0.05, 0) is 13.8 Å². The average molecular weight is 678 g/mol.